The molecular formula is C19H29NO. The molecule has 0 amide bonds. The van der Waals surface area contributed by atoms with Crippen molar-refractivity contribution in [2.24, 2.45) is 11.3 Å². The third-order valence-electron chi connectivity index (χ3n) is 5.76. The second-order valence-corrected chi connectivity index (χ2v) is 7.80. The molecule has 0 bridgehead atoms. The second kappa shape index (κ2) is 5.10. The lowest BCUT2D eigenvalue weighted by Crippen LogP contribution is -2.65. The van der Waals surface area contributed by atoms with Crippen molar-refractivity contribution in [3.05, 3.63) is 34.4 Å². The second-order valence-electron chi connectivity index (χ2n) is 7.80. The molecule has 1 saturated heterocycles. The number of fused-ring (bicyclic) bond motifs is 1. The number of aryl methyl sites for hydroxylation is 3. The Hall–Kier alpha value is -0.860. The highest BCUT2D eigenvalue weighted by atomic mass is 16.5. The number of hydrogen-bond donors (Lipinski definition) is 0. The molecule has 1 aliphatic heterocycles. The van der Waals surface area contributed by atoms with E-state index in [1.54, 1.807) is 0 Å². The normalized spacial score (nSPS) is 30.3. The van der Waals surface area contributed by atoms with Crippen molar-refractivity contribution < 1.29 is 4.74 Å². The highest BCUT2D eigenvalue weighted by molar-refractivity contribution is 5.37. The monoisotopic (exact) mass is 287 g/mol. The van der Waals surface area contributed by atoms with Gasteiger partial charge in [0.2, 0.25) is 0 Å². The van der Waals surface area contributed by atoms with Gasteiger partial charge < -0.3 is 4.74 Å². The Morgan fingerprint density at radius 1 is 1.19 bits per heavy atom. The predicted molar refractivity (Wildman–Crippen MR) is 87.5 cm³/mol. The van der Waals surface area contributed by atoms with Gasteiger partial charge in [0.15, 0.2) is 0 Å². The van der Waals surface area contributed by atoms with Gasteiger partial charge in [0.1, 0.15) is 0 Å². The number of benzene rings is 1. The van der Waals surface area contributed by atoms with Crippen LogP contribution in [0, 0.1) is 32.1 Å². The highest BCUT2D eigenvalue weighted by Crippen LogP contribution is 2.54. The van der Waals surface area contributed by atoms with Crippen molar-refractivity contribution in [1.82, 2.24) is 4.90 Å². The maximum atomic E-state index is 5.93. The third-order valence-corrected chi connectivity index (χ3v) is 5.76. The summed E-state index contributed by atoms with van der Waals surface area (Å²) in [4.78, 5) is 2.57. The number of hydrogen-bond acceptors (Lipinski definition) is 2. The van der Waals surface area contributed by atoms with E-state index in [9.17, 15) is 0 Å². The van der Waals surface area contributed by atoms with E-state index in [0.717, 1.165) is 19.1 Å². The summed E-state index contributed by atoms with van der Waals surface area (Å²) in [6, 6.07) is 5.26. The summed E-state index contributed by atoms with van der Waals surface area (Å²) in [7, 11) is 2.29. The van der Waals surface area contributed by atoms with Crippen LogP contribution < -0.4 is 0 Å². The Kier molecular flexibility index (Phi) is 3.66. The first-order valence-electron chi connectivity index (χ1n) is 8.21. The fourth-order valence-electron chi connectivity index (χ4n) is 5.00. The minimum absolute atomic E-state index is 0.280. The first kappa shape index (κ1) is 15.1. The lowest BCUT2D eigenvalue weighted by Gasteiger charge is -2.58. The number of ether oxygens (including phenoxy) is 1. The zero-order valence-corrected chi connectivity index (χ0v) is 14.4. The van der Waals surface area contributed by atoms with Crippen LogP contribution in [0.1, 0.15) is 42.5 Å². The van der Waals surface area contributed by atoms with Crippen molar-refractivity contribution in [3.8, 4) is 0 Å². The predicted octanol–water partition coefficient (Wildman–Crippen LogP) is 3.86. The van der Waals surface area contributed by atoms with Crippen molar-refractivity contribution in [2.75, 3.05) is 13.7 Å². The van der Waals surface area contributed by atoms with Gasteiger partial charge in [-0.3, -0.25) is 4.90 Å². The first-order chi connectivity index (χ1) is 9.82. The summed E-state index contributed by atoms with van der Waals surface area (Å²) in [6.07, 6.45) is 1.71. The molecule has 0 aromatic heterocycles. The number of rotatable bonds is 3. The molecule has 0 spiro atoms. The van der Waals surface area contributed by atoms with Gasteiger partial charge in [-0.05, 0) is 50.9 Å². The molecule has 0 radical (unpaired) electrons. The van der Waals surface area contributed by atoms with Gasteiger partial charge in [-0.25, -0.2) is 0 Å². The van der Waals surface area contributed by atoms with E-state index in [1.807, 2.05) is 0 Å². The average molecular weight is 287 g/mol. The fraction of sp³-hybridized carbons (Fsp3) is 0.684. The van der Waals surface area contributed by atoms with Crippen LogP contribution in [-0.2, 0) is 11.3 Å². The molecule has 1 saturated carbocycles. The van der Waals surface area contributed by atoms with Gasteiger partial charge in [0.25, 0.3) is 0 Å². The van der Waals surface area contributed by atoms with E-state index >= 15 is 0 Å². The Balaban J connectivity index is 1.80. The summed E-state index contributed by atoms with van der Waals surface area (Å²) in [6.45, 7) is 13.4. The quantitative estimate of drug-likeness (QED) is 0.837. The minimum atomic E-state index is 0.280. The van der Waals surface area contributed by atoms with E-state index < -0.39 is 0 Å². The summed E-state index contributed by atoms with van der Waals surface area (Å²) in [5.74, 6) is 0.732. The molecule has 2 aliphatic rings. The maximum absolute atomic E-state index is 5.93. The van der Waals surface area contributed by atoms with Crippen molar-refractivity contribution in [2.45, 2.75) is 59.7 Å². The van der Waals surface area contributed by atoms with Gasteiger partial charge in [0.05, 0.1) is 6.10 Å². The van der Waals surface area contributed by atoms with Gasteiger partial charge >= 0.3 is 0 Å². The van der Waals surface area contributed by atoms with Crippen LogP contribution in [0.15, 0.2) is 12.1 Å². The van der Waals surface area contributed by atoms with Crippen LogP contribution in [-0.4, -0.2) is 30.7 Å². The van der Waals surface area contributed by atoms with Gasteiger partial charge in [-0.2, -0.15) is 0 Å². The van der Waals surface area contributed by atoms with Crippen LogP contribution in [0.25, 0.3) is 0 Å². The minimum Gasteiger partial charge on any atom is -0.377 e. The maximum Gasteiger partial charge on any atom is 0.0685 e. The molecule has 3 rings (SSSR count). The topological polar surface area (TPSA) is 12.5 Å². The first-order valence-corrected chi connectivity index (χ1v) is 8.21. The molecule has 3 atom stereocenters. The Labute approximate surface area is 129 Å². The highest BCUT2D eigenvalue weighted by Gasteiger charge is 2.60. The Morgan fingerprint density at radius 3 is 2.43 bits per heavy atom. The summed E-state index contributed by atoms with van der Waals surface area (Å²) in [5, 5.41) is 0. The third kappa shape index (κ3) is 2.33. The molecule has 0 unspecified atom stereocenters. The van der Waals surface area contributed by atoms with Crippen LogP contribution in [0.4, 0.5) is 0 Å². The molecule has 1 heterocycles. The summed E-state index contributed by atoms with van der Waals surface area (Å²) < 4.78 is 5.93. The van der Waals surface area contributed by atoms with Crippen molar-refractivity contribution in [1.29, 1.82) is 0 Å². The average Bonchev–Trinajstić information content (AvgIpc) is 2.79. The molecule has 2 fully saturated rings. The lowest BCUT2D eigenvalue weighted by molar-refractivity contribution is -0.151. The molecule has 1 aromatic carbocycles. The lowest BCUT2D eigenvalue weighted by atomic mass is 9.57. The summed E-state index contributed by atoms with van der Waals surface area (Å²) in [5.41, 5.74) is 6.00. The largest absolute Gasteiger partial charge is 0.377 e. The molecular weight excluding hydrogens is 258 g/mol. The van der Waals surface area contributed by atoms with Crippen LogP contribution in [0.3, 0.4) is 0 Å². The molecule has 2 heteroatoms. The van der Waals surface area contributed by atoms with Gasteiger partial charge in [-0.1, -0.05) is 31.5 Å². The zero-order chi connectivity index (χ0) is 15.4. The van der Waals surface area contributed by atoms with Crippen LogP contribution in [0.5, 0.6) is 0 Å². The van der Waals surface area contributed by atoms with Crippen LogP contribution in [0.2, 0.25) is 0 Å². The molecule has 0 N–H and O–H groups in total. The molecule has 2 nitrogen and oxygen atoms in total. The van der Waals surface area contributed by atoms with E-state index in [4.69, 9.17) is 4.74 Å². The fourth-order valence-corrected chi connectivity index (χ4v) is 5.00. The van der Waals surface area contributed by atoms with E-state index in [2.05, 4.69) is 58.7 Å². The molecule has 1 aromatic rings. The smallest absolute Gasteiger partial charge is 0.0685 e. The Morgan fingerprint density at radius 2 is 1.81 bits per heavy atom. The zero-order valence-electron chi connectivity index (χ0n) is 14.4. The molecule has 116 valence electrons. The molecule has 21 heavy (non-hydrogen) atoms. The van der Waals surface area contributed by atoms with E-state index in [-0.39, 0.29) is 5.41 Å². The Bertz CT molecular complexity index is 525. The summed E-state index contributed by atoms with van der Waals surface area (Å²) >= 11 is 0. The van der Waals surface area contributed by atoms with Crippen molar-refractivity contribution >= 4 is 0 Å². The number of nitrogens with zero attached hydrogens (tertiary/aromatic N) is 1. The van der Waals surface area contributed by atoms with Crippen molar-refractivity contribution in [3.63, 3.8) is 0 Å². The SMILES string of the molecule is Cc1cc(C)c(CN(C)[C@@H]2[C@@H]3CCO[C@@H]3C2(C)C)c(C)c1. The van der Waals surface area contributed by atoms with E-state index in [0.29, 0.717) is 12.1 Å². The van der Waals surface area contributed by atoms with Crippen LogP contribution >= 0.6 is 0 Å². The van der Waals surface area contributed by atoms with E-state index in [1.165, 1.54) is 28.7 Å². The van der Waals surface area contributed by atoms with Gasteiger partial charge in [0, 0.05) is 30.5 Å². The van der Waals surface area contributed by atoms with Gasteiger partial charge in [-0.15, -0.1) is 0 Å². The standard InChI is InChI=1S/C19H29NO/c1-12-9-13(2)16(14(3)10-12)11-20(6)17-15-7-8-21-18(15)19(17,4)5/h9-10,15,17-18H,7-8,11H2,1-6H3/t15-,17+,18-/m0/s1. The molecule has 1 aliphatic carbocycles.